The van der Waals surface area contributed by atoms with Gasteiger partial charge in [0, 0.05) is 32.4 Å². The predicted molar refractivity (Wildman–Crippen MR) is 89.3 cm³/mol. The van der Waals surface area contributed by atoms with E-state index in [1.807, 2.05) is 32.0 Å². The number of esters is 1. The first kappa shape index (κ1) is 18.9. The summed E-state index contributed by atoms with van der Waals surface area (Å²) >= 11 is 0. The Balaban J connectivity index is 2.11. The number of aliphatic hydroxyl groups is 1. The third-order valence-electron chi connectivity index (χ3n) is 4.73. The highest BCUT2D eigenvalue weighted by Crippen LogP contribution is 2.30. The van der Waals surface area contributed by atoms with Crippen LogP contribution < -0.4 is 0 Å². The van der Waals surface area contributed by atoms with Crippen molar-refractivity contribution < 1.29 is 24.2 Å². The second-order valence-electron chi connectivity index (χ2n) is 6.24. The summed E-state index contributed by atoms with van der Waals surface area (Å²) < 4.78 is 10.8. The lowest BCUT2D eigenvalue weighted by Gasteiger charge is -2.39. The highest BCUT2D eigenvalue weighted by Gasteiger charge is 2.45. The van der Waals surface area contributed by atoms with Gasteiger partial charge >= 0.3 is 5.97 Å². The van der Waals surface area contributed by atoms with Crippen LogP contribution in [-0.4, -0.2) is 55.3 Å². The maximum absolute atomic E-state index is 12.3. The average molecular weight is 337 g/mol. The van der Waals surface area contributed by atoms with Gasteiger partial charge in [-0.1, -0.05) is 18.2 Å². The molecule has 134 valence electrons. The fourth-order valence-electron chi connectivity index (χ4n) is 3.23. The SMILES string of the molecule is COC(=O)C1(OC(O)Cc2c(C)cccc2C)CCN(OC)CC1. The highest BCUT2D eigenvalue weighted by atomic mass is 16.7. The number of aliphatic hydroxyl groups excluding tert-OH is 1. The monoisotopic (exact) mass is 337 g/mol. The van der Waals surface area contributed by atoms with Crippen LogP contribution in [0.1, 0.15) is 29.5 Å². The Kier molecular flexibility index (Phi) is 6.34. The van der Waals surface area contributed by atoms with Crippen molar-refractivity contribution in [2.24, 2.45) is 0 Å². The zero-order valence-corrected chi connectivity index (χ0v) is 14.9. The number of carbonyl (C=O) groups is 1. The molecule has 1 N–H and O–H groups in total. The van der Waals surface area contributed by atoms with Crippen molar-refractivity contribution in [3.05, 3.63) is 34.9 Å². The molecule has 1 aliphatic heterocycles. The molecule has 1 aromatic rings. The van der Waals surface area contributed by atoms with Gasteiger partial charge in [0.25, 0.3) is 0 Å². The van der Waals surface area contributed by atoms with Crippen molar-refractivity contribution in [1.82, 2.24) is 5.06 Å². The summed E-state index contributed by atoms with van der Waals surface area (Å²) in [6, 6.07) is 5.99. The van der Waals surface area contributed by atoms with Crippen LogP contribution in [0.15, 0.2) is 18.2 Å². The van der Waals surface area contributed by atoms with Gasteiger partial charge in [0.05, 0.1) is 14.2 Å². The Labute approximate surface area is 143 Å². The van der Waals surface area contributed by atoms with E-state index in [0.717, 1.165) is 16.7 Å². The normalized spacial score (nSPS) is 19.0. The van der Waals surface area contributed by atoms with Gasteiger partial charge in [-0.25, -0.2) is 4.79 Å². The lowest BCUT2D eigenvalue weighted by atomic mass is 9.91. The molecule has 2 rings (SSSR count). The van der Waals surface area contributed by atoms with E-state index in [4.69, 9.17) is 14.3 Å². The molecule has 0 aliphatic carbocycles. The van der Waals surface area contributed by atoms with Crippen LogP contribution in [0.5, 0.6) is 0 Å². The molecule has 0 amide bonds. The Morgan fingerprint density at radius 2 is 1.83 bits per heavy atom. The largest absolute Gasteiger partial charge is 0.467 e. The maximum atomic E-state index is 12.3. The molecule has 0 aromatic heterocycles. The molecule has 0 saturated carbocycles. The molecule has 1 saturated heterocycles. The number of benzene rings is 1. The number of nitrogens with zero attached hydrogens (tertiary/aromatic N) is 1. The summed E-state index contributed by atoms with van der Waals surface area (Å²) in [6.07, 6.45) is 0.0953. The molecule has 0 bridgehead atoms. The zero-order valence-electron chi connectivity index (χ0n) is 14.9. The Hall–Kier alpha value is -1.47. The molecule has 1 aromatic carbocycles. The first-order chi connectivity index (χ1) is 11.4. The quantitative estimate of drug-likeness (QED) is 0.630. The van der Waals surface area contributed by atoms with Gasteiger partial charge in [-0.3, -0.25) is 0 Å². The van der Waals surface area contributed by atoms with Crippen molar-refractivity contribution in [1.29, 1.82) is 0 Å². The van der Waals surface area contributed by atoms with Crippen LogP contribution in [0.25, 0.3) is 0 Å². The number of hydrogen-bond donors (Lipinski definition) is 1. The van der Waals surface area contributed by atoms with Crippen molar-refractivity contribution in [2.75, 3.05) is 27.3 Å². The molecular formula is C18H27NO5. The number of hydrogen-bond acceptors (Lipinski definition) is 6. The summed E-state index contributed by atoms with van der Waals surface area (Å²) in [6.45, 7) is 5.09. The van der Waals surface area contributed by atoms with Crippen molar-refractivity contribution in [3.63, 3.8) is 0 Å². The Morgan fingerprint density at radius 3 is 2.33 bits per heavy atom. The van der Waals surface area contributed by atoms with Crippen molar-refractivity contribution >= 4 is 5.97 Å². The van der Waals surface area contributed by atoms with Gasteiger partial charge in [0.1, 0.15) is 0 Å². The lowest BCUT2D eigenvalue weighted by Crippen LogP contribution is -2.53. The third kappa shape index (κ3) is 4.13. The van der Waals surface area contributed by atoms with E-state index in [0.29, 0.717) is 32.4 Å². The van der Waals surface area contributed by atoms with E-state index in [1.54, 1.807) is 12.2 Å². The molecule has 6 heteroatoms. The van der Waals surface area contributed by atoms with Crippen molar-refractivity contribution in [3.8, 4) is 0 Å². The molecule has 0 spiro atoms. The van der Waals surface area contributed by atoms with Crippen LogP contribution in [0, 0.1) is 13.8 Å². The third-order valence-corrected chi connectivity index (χ3v) is 4.73. The van der Waals surface area contributed by atoms with E-state index in [1.165, 1.54) is 7.11 Å². The molecule has 1 atom stereocenters. The zero-order chi connectivity index (χ0) is 17.7. The number of aryl methyl sites for hydroxylation is 2. The minimum absolute atomic E-state index is 0.339. The van der Waals surface area contributed by atoms with Gasteiger partial charge in [-0.15, -0.1) is 0 Å². The second kappa shape index (κ2) is 8.07. The van der Waals surface area contributed by atoms with E-state index in [9.17, 15) is 9.90 Å². The molecule has 1 unspecified atom stereocenters. The fraction of sp³-hybridized carbons (Fsp3) is 0.611. The number of carbonyl (C=O) groups excluding carboxylic acids is 1. The number of rotatable bonds is 6. The van der Waals surface area contributed by atoms with Crippen LogP contribution >= 0.6 is 0 Å². The minimum atomic E-state index is -1.13. The molecule has 24 heavy (non-hydrogen) atoms. The first-order valence-electron chi connectivity index (χ1n) is 8.20. The van der Waals surface area contributed by atoms with E-state index in [-0.39, 0.29) is 0 Å². The number of hydroxylamine groups is 2. The lowest BCUT2D eigenvalue weighted by molar-refractivity contribution is -0.238. The molecule has 1 fully saturated rings. The van der Waals surface area contributed by atoms with Crippen LogP contribution in [0.3, 0.4) is 0 Å². The van der Waals surface area contributed by atoms with Crippen LogP contribution in [-0.2, 0) is 25.5 Å². The molecule has 1 aliphatic rings. The fourth-order valence-corrected chi connectivity index (χ4v) is 3.23. The topological polar surface area (TPSA) is 68.2 Å². The highest BCUT2D eigenvalue weighted by molar-refractivity contribution is 5.79. The number of ether oxygens (including phenoxy) is 2. The summed E-state index contributed by atoms with van der Waals surface area (Å²) in [5, 5.41) is 12.2. The predicted octanol–water partition coefficient (Wildman–Crippen LogP) is 1.75. The van der Waals surface area contributed by atoms with Gasteiger partial charge in [-0.05, 0) is 30.5 Å². The summed E-state index contributed by atoms with van der Waals surface area (Å²) in [5.74, 6) is -0.446. The standard InChI is InChI=1S/C18H27NO5/c1-13-6-5-7-14(2)15(13)12-16(20)24-18(17(21)22-3)8-10-19(23-4)11-9-18/h5-7,16,20H,8-12H2,1-4H3. The maximum Gasteiger partial charge on any atom is 0.338 e. The first-order valence-corrected chi connectivity index (χ1v) is 8.20. The van der Waals surface area contributed by atoms with Gasteiger partial charge < -0.3 is 19.4 Å². The van der Waals surface area contributed by atoms with Crippen molar-refractivity contribution in [2.45, 2.75) is 45.0 Å². The molecule has 0 radical (unpaired) electrons. The van der Waals surface area contributed by atoms with E-state index < -0.39 is 17.9 Å². The summed E-state index contributed by atoms with van der Waals surface area (Å²) in [7, 11) is 2.94. The van der Waals surface area contributed by atoms with Gasteiger partial charge in [-0.2, -0.15) is 5.06 Å². The van der Waals surface area contributed by atoms with E-state index >= 15 is 0 Å². The Bertz CT molecular complexity index is 546. The molecule has 6 nitrogen and oxygen atoms in total. The number of piperidine rings is 1. The van der Waals surface area contributed by atoms with Crippen LogP contribution in [0.2, 0.25) is 0 Å². The number of methoxy groups -OCH3 is 1. The molecular weight excluding hydrogens is 310 g/mol. The second-order valence-corrected chi connectivity index (χ2v) is 6.24. The average Bonchev–Trinajstić information content (AvgIpc) is 2.58. The van der Waals surface area contributed by atoms with Gasteiger partial charge in [0.15, 0.2) is 11.9 Å². The minimum Gasteiger partial charge on any atom is -0.467 e. The Morgan fingerprint density at radius 1 is 1.25 bits per heavy atom. The smallest absolute Gasteiger partial charge is 0.338 e. The summed E-state index contributed by atoms with van der Waals surface area (Å²) in [4.78, 5) is 17.5. The molecule has 1 heterocycles. The van der Waals surface area contributed by atoms with E-state index in [2.05, 4.69) is 0 Å². The summed E-state index contributed by atoms with van der Waals surface area (Å²) in [5.41, 5.74) is 2.11. The van der Waals surface area contributed by atoms with Crippen LogP contribution in [0.4, 0.5) is 0 Å². The van der Waals surface area contributed by atoms with Gasteiger partial charge in [0.2, 0.25) is 0 Å².